The molecule has 0 saturated carbocycles. The fourth-order valence-electron chi connectivity index (χ4n) is 2.85. The summed E-state index contributed by atoms with van der Waals surface area (Å²) in [6.07, 6.45) is 0. The summed E-state index contributed by atoms with van der Waals surface area (Å²) in [7, 11) is 2.44. The molecule has 1 aromatic heterocycles. The van der Waals surface area contributed by atoms with Crippen LogP contribution in [0.3, 0.4) is 0 Å². The molecule has 2 aromatic carbocycles. The molecule has 0 spiro atoms. The average molecular weight is 408 g/mol. The van der Waals surface area contributed by atoms with Gasteiger partial charge >= 0.3 is 11.9 Å². The molecule has 8 heteroatoms. The summed E-state index contributed by atoms with van der Waals surface area (Å²) in [5.74, 6) is -1.29. The van der Waals surface area contributed by atoms with E-state index in [9.17, 15) is 14.4 Å². The van der Waals surface area contributed by atoms with Crippen molar-refractivity contribution in [3.05, 3.63) is 65.4 Å². The molecule has 0 unspecified atom stereocenters. The largest absolute Gasteiger partial charge is 0.481 e. The van der Waals surface area contributed by atoms with Crippen molar-refractivity contribution in [1.29, 1.82) is 0 Å². The third kappa shape index (κ3) is 4.72. The first-order valence-electron chi connectivity index (χ1n) is 9.02. The molecule has 1 N–H and O–H groups in total. The van der Waals surface area contributed by atoms with Gasteiger partial charge in [-0.3, -0.25) is 4.79 Å². The smallest absolute Gasteiger partial charge is 0.337 e. The molecule has 0 saturated heterocycles. The van der Waals surface area contributed by atoms with E-state index in [-0.39, 0.29) is 23.4 Å². The number of fused-ring (bicyclic) bond motifs is 1. The molecule has 3 aromatic rings. The third-order valence-corrected chi connectivity index (χ3v) is 4.24. The number of anilines is 1. The Morgan fingerprint density at radius 3 is 2.23 bits per heavy atom. The van der Waals surface area contributed by atoms with Gasteiger partial charge in [-0.2, -0.15) is 0 Å². The van der Waals surface area contributed by atoms with E-state index in [0.29, 0.717) is 11.3 Å². The molecule has 3 rings (SSSR count). The third-order valence-electron chi connectivity index (χ3n) is 4.24. The lowest BCUT2D eigenvalue weighted by atomic mass is 10.1. The SMILES string of the molecule is COC(=O)c1cc(NC(=O)COc2cccc3ccc(C)nc23)cc(C(=O)OC)c1. The first-order chi connectivity index (χ1) is 14.4. The molecule has 0 bridgehead atoms. The number of benzene rings is 2. The second kappa shape index (κ2) is 9.04. The van der Waals surface area contributed by atoms with E-state index in [1.54, 1.807) is 6.07 Å². The fourth-order valence-corrected chi connectivity index (χ4v) is 2.85. The topological polar surface area (TPSA) is 104 Å². The summed E-state index contributed by atoms with van der Waals surface area (Å²) in [6, 6.07) is 13.4. The van der Waals surface area contributed by atoms with Crippen molar-refractivity contribution >= 4 is 34.4 Å². The molecule has 1 amide bonds. The molecule has 0 aliphatic rings. The van der Waals surface area contributed by atoms with Crippen LogP contribution < -0.4 is 10.1 Å². The number of para-hydroxylation sites is 1. The summed E-state index contributed by atoms with van der Waals surface area (Å²) in [6.45, 7) is 1.58. The Labute approximate surface area is 172 Å². The lowest BCUT2D eigenvalue weighted by molar-refractivity contribution is -0.118. The van der Waals surface area contributed by atoms with Crippen LogP contribution >= 0.6 is 0 Å². The number of carbonyl (C=O) groups excluding carboxylic acids is 3. The number of nitrogens with zero attached hydrogens (tertiary/aromatic N) is 1. The Hall–Kier alpha value is -3.94. The van der Waals surface area contributed by atoms with Crippen LogP contribution in [0.15, 0.2) is 48.5 Å². The van der Waals surface area contributed by atoms with Crippen molar-refractivity contribution < 1.29 is 28.6 Å². The molecule has 0 aliphatic carbocycles. The van der Waals surface area contributed by atoms with Gasteiger partial charge in [-0.05, 0) is 37.3 Å². The Balaban J connectivity index is 1.77. The van der Waals surface area contributed by atoms with Gasteiger partial charge in [0.1, 0.15) is 11.3 Å². The Kier molecular flexibility index (Phi) is 6.26. The second-order valence-corrected chi connectivity index (χ2v) is 6.40. The van der Waals surface area contributed by atoms with E-state index in [1.165, 1.54) is 32.4 Å². The molecular formula is C22H20N2O6. The van der Waals surface area contributed by atoms with E-state index in [4.69, 9.17) is 4.74 Å². The standard InChI is InChI=1S/C22H20N2O6/c1-13-7-8-14-5-4-6-18(20(14)23-13)30-12-19(25)24-17-10-15(21(26)28-2)9-16(11-17)22(27)29-3/h4-11H,12H2,1-3H3,(H,24,25). The monoisotopic (exact) mass is 408 g/mol. The predicted octanol–water partition coefficient (Wildman–Crippen LogP) is 3.13. The number of amides is 1. The summed E-state index contributed by atoms with van der Waals surface area (Å²) in [5.41, 5.74) is 1.93. The zero-order chi connectivity index (χ0) is 21.7. The zero-order valence-corrected chi connectivity index (χ0v) is 16.7. The van der Waals surface area contributed by atoms with Crippen LogP contribution in [0.2, 0.25) is 0 Å². The maximum Gasteiger partial charge on any atom is 0.337 e. The van der Waals surface area contributed by atoms with Crippen LogP contribution in [0.4, 0.5) is 5.69 Å². The molecule has 0 aliphatic heterocycles. The van der Waals surface area contributed by atoms with Gasteiger partial charge in [0.2, 0.25) is 0 Å². The first-order valence-corrected chi connectivity index (χ1v) is 9.02. The van der Waals surface area contributed by atoms with E-state index < -0.39 is 17.8 Å². The van der Waals surface area contributed by atoms with E-state index in [0.717, 1.165) is 11.1 Å². The predicted molar refractivity (Wildman–Crippen MR) is 110 cm³/mol. The van der Waals surface area contributed by atoms with Gasteiger partial charge in [0.05, 0.1) is 25.3 Å². The van der Waals surface area contributed by atoms with Gasteiger partial charge in [-0.25, -0.2) is 14.6 Å². The second-order valence-electron chi connectivity index (χ2n) is 6.40. The lowest BCUT2D eigenvalue weighted by Crippen LogP contribution is -2.21. The van der Waals surface area contributed by atoms with Gasteiger partial charge in [-0.15, -0.1) is 0 Å². The normalized spacial score (nSPS) is 10.4. The molecule has 0 radical (unpaired) electrons. The highest BCUT2D eigenvalue weighted by Crippen LogP contribution is 2.24. The summed E-state index contributed by atoms with van der Waals surface area (Å²) < 4.78 is 15.0. The molecule has 0 atom stereocenters. The fraction of sp³-hybridized carbons (Fsp3) is 0.182. The minimum absolute atomic E-state index is 0.102. The minimum Gasteiger partial charge on any atom is -0.481 e. The average Bonchev–Trinajstić information content (AvgIpc) is 2.76. The molecule has 1 heterocycles. The van der Waals surface area contributed by atoms with Crippen molar-refractivity contribution in [2.24, 2.45) is 0 Å². The van der Waals surface area contributed by atoms with Gasteiger partial charge in [-0.1, -0.05) is 18.2 Å². The summed E-state index contributed by atoms with van der Waals surface area (Å²) in [5, 5.41) is 3.51. The molecule has 30 heavy (non-hydrogen) atoms. The number of rotatable bonds is 6. The molecule has 8 nitrogen and oxygen atoms in total. The maximum atomic E-state index is 12.4. The highest BCUT2D eigenvalue weighted by Gasteiger charge is 2.15. The Morgan fingerprint density at radius 1 is 0.933 bits per heavy atom. The van der Waals surface area contributed by atoms with Crippen LogP contribution in [0.1, 0.15) is 26.4 Å². The number of hydrogen-bond acceptors (Lipinski definition) is 7. The summed E-state index contributed by atoms with van der Waals surface area (Å²) in [4.78, 5) is 40.6. The minimum atomic E-state index is -0.648. The van der Waals surface area contributed by atoms with Gasteiger partial charge in [0, 0.05) is 16.8 Å². The Morgan fingerprint density at radius 2 is 1.60 bits per heavy atom. The number of nitrogens with one attached hydrogen (secondary N) is 1. The number of pyridine rings is 1. The Bertz CT molecular complexity index is 1090. The number of carbonyl (C=O) groups is 3. The number of methoxy groups -OCH3 is 2. The van der Waals surface area contributed by atoms with Crippen molar-refractivity contribution in [3.8, 4) is 5.75 Å². The van der Waals surface area contributed by atoms with Crippen LogP contribution in [-0.4, -0.2) is 43.7 Å². The highest BCUT2D eigenvalue weighted by molar-refractivity contribution is 5.99. The van der Waals surface area contributed by atoms with Gasteiger partial charge < -0.3 is 19.5 Å². The van der Waals surface area contributed by atoms with Crippen molar-refractivity contribution in [2.45, 2.75) is 6.92 Å². The zero-order valence-electron chi connectivity index (χ0n) is 16.7. The lowest BCUT2D eigenvalue weighted by Gasteiger charge is -2.11. The van der Waals surface area contributed by atoms with Crippen molar-refractivity contribution in [1.82, 2.24) is 4.98 Å². The van der Waals surface area contributed by atoms with E-state index in [2.05, 4.69) is 19.8 Å². The van der Waals surface area contributed by atoms with Crippen molar-refractivity contribution in [2.75, 3.05) is 26.1 Å². The van der Waals surface area contributed by atoms with Crippen LogP contribution in [0.25, 0.3) is 10.9 Å². The number of esters is 2. The van der Waals surface area contributed by atoms with E-state index in [1.807, 2.05) is 31.2 Å². The molecule has 0 fully saturated rings. The molecular weight excluding hydrogens is 388 g/mol. The number of aromatic nitrogens is 1. The highest BCUT2D eigenvalue weighted by atomic mass is 16.5. The maximum absolute atomic E-state index is 12.4. The molecule has 154 valence electrons. The van der Waals surface area contributed by atoms with Crippen LogP contribution in [0.5, 0.6) is 5.75 Å². The van der Waals surface area contributed by atoms with Gasteiger partial charge in [0.15, 0.2) is 6.61 Å². The number of ether oxygens (including phenoxy) is 3. The van der Waals surface area contributed by atoms with E-state index >= 15 is 0 Å². The number of hydrogen-bond donors (Lipinski definition) is 1. The van der Waals surface area contributed by atoms with Crippen molar-refractivity contribution in [3.63, 3.8) is 0 Å². The number of aryl methyl sites for hydroxylation is 1. The summed E-state index contributed by atoms with van der Waals surface area (Å²) >= 11 is 0. The van der Waals surface area contributed by atoms with Crippen LogP contribution in [0, 0.1) is 6.92 Å². The van der Waals surface area contributed by atoms with Crippen LogP contribution in [-0.2, 0) is 14.3 Å². The first kappa shape index (κ1) is 20.8. The van der Waals surface area contributed by atoms with Gasteiger partial charge in [0.25, 0.3) is 5.91 Å². The quantitative estimate of drug-likeness (QED) is 0.625.